The lowest BCUT2D eigenvalue weighted by atomic mass is 9.98. The third-order valence-corrected chi connectivity index (χ3v) is 4.33. The van der Waals surface area contributed by atoms with E-state index in [1.54, 1.807) is 11.3 Å². The van der Waals surface area contributed by atoms with Gasteiger partial charge in [-0.3, -0.25) is 0 Å². The molecule has 1 aromatic heterocycles. The molecule has 2 unspecified atom stereocenters. The zero-order chi connectivity index (χ0) is 10.6. The molecule has 0 fully saturated rings. The summed E-state index contributed by atoms with van der Waals surface area (Å²) in [5.74, 6) is 0.601. The summed E-state index contributed by atoms with van der Waals surface area (Å²) < 4.78 is 1.04. The number of hydrogen-bond acceptors (Lipinski definition) is 2. The maximum absolute atomic E-state index is 9.97. The van der Waals surface area contributed by atoms with Gasteiger partial charge in [-0.2, -0.15) is 0 Å². The van der Waals surface area contributed by atoms with Crippen molar-refractivity contribution in [1.82, 2.24) is 0 Å². The molecule has 0 radical (unpaired) electrons. The van der Waals surface area contributed by atoms with Gasteiger partial charge in [-0.25, -0.2) is 0 Å². The molecule has 80 valence electrons. The second-order valence-corrected chi connectivity index (χ2v) is 5.58. The molecule has 1 heterocycles. The fraction of sp³-hybridized carbons (Fsp3) is 0.636. The highest BCUT2D eigenvalue weighted by Gasteiger charge is 2.15. The Bertz CT molecular complexity index is 272. The van der Waals surface area contributed by atoms with E-state index in [-0.39, 0.29) is 6.10 Å². The third kappa shape index (κ3) is 3.37. The fourth-order valence-corrected chi connectivity index (χ4v) is 3.28. The Labute approximate surface area is 98.3 Å². The van der Waals surface area contributed by atoms with Crippen LogP contribution in [-0.4, -0.2) is 5.11 Å². The lowest BCUT2D eigenvalue weighted by Gasteiger charge is -2.14. The van der Waals surface area contributed by atoms with Gasteiger partial charge in [0, 0.05) is 9.35 Å². The minimum atomic E-state index is -0.300. The van der Waals surface area contributed by atoms with E-state index in [2.05, 4.69) is 29.8 Å². The minimum absolute atomic E-state index is 0.300. The molecule has 0 aliphatic heterocycles. The van der Waals surface area contributed by atoms with Gasteiger partial charge in [-0.15, -0.1) is 11.3 Å². The molecule has 0 aliphatic carbocycles. The summed E-state index contributed by atoms with van der Waals surface area (Å²) in [6, 6.07) is 1.99. The maximum atomic E-state index is 9.97. The van der Waals surface area contributed by atoms with Crippen LogP contribution in [0.1, 0.15) is 44.1 Å². The van der Waals surface area contributed by atoms with E-state index >= 15 is 0 Å². The van der Waals surface area contributed by atoms with Crippen molar-refractivity contribution >= 4 is 27.3 Å². The number of halogens is 1. The van der Waals surface area contributed by atoms with Gasteiger partial charge in [0.25, 0.3) is 0 Å². The Morgan fingerprint density at radius 1 is 1.57 bits per heavy atom. The average Bonchev–Trinajstić information content (AvgIpc) is 2.51. The SMILES string of the molecule is CCCC(C)CC(O)c1sccc1Br. The van der Waals surface area contributed by atoms with Crippen LogP contribution in [0.4, 0.5) is 0 Å². The third-order valence-electron chi connectivity index (χ3n) is 2.35. The molecular formula is C11H17BrOS. The van der Waals surface area contributed by atoms with Crippen LogP contribution in [0.15, 0.2) is 15.9 Å². The number of hydrogen-bond donors (Lipinski definition) is 1. The van der Waals surface area contributed by atoms with Crippen molar-refractivity contribution in [2.75, 3.05) is 0 Å². The molecule has 1 nitrogen and oxygen atoms in total. The van der Waals surface area contributed by atoms with Crippen molar-refractivity contribution in [2.45, 2.75) is 39.2 Å². The quantitative estimate of drug-likeness (QED) is 0.847. The molecule has 1 N–H and O–H groups in total. The summed E-state index contributed by atoms with van der Waals surface area (Å²) >= 11 is 5.07. The molecular weight excluding hydrogens is 260 g/mol. The van der Waals surface area contributed by atoms with Gasteiger partial charge in [-0.1, -0.05) is 26.7 Å². The zero-order valence-electron chi connectivity index (χ0n) is 8.66. The van der Waals surface area contributed by atoms with E-state index in [1.807, 2.05) is 11.4 Å². The summed E-state index contributed by atoms with van der Waals surface area (Å²) in [5, 5.41) is 12.0. The van der Waals surface area contributed by atoms with Crippen molar-refractivity contribution in [1.29, 1.82) is 0 Å². The van der Waals surface area contributed by atoms with Crippen LogP contribution in [0, 0.1) is 5.92 Å². The van der Waals surface area contributed by atoms with Gasteiger partial charge in [0.2, 0.25) is 0 Å². The summed E-state index contributed by atoms with van der Waals surface area (Å²) in [5.41, 5.74) is 0. The Balaban J connectivity index is 2.50. The standard InChI is InChI=1S/C11H17BrOS/c1-3-4-8(2)7-10(13)11-9(12)5-6-14-11/h5-6,8,10,13H,3-4,7H2,1-2H3. The van der Waals surface area contributed by atoms with E-state index in [1.165, 1.54) is 12.8 Å². The Morgan fingerprint density at radius 2 is 2.29 bits per heavy atom. The monoisotopic (exact) mass is 276 g/mol. The summed E-state index contributed by atoms with van der Waals surface area (Å²) in [6.45, 7) is 4.39. The molecule has 0 amide bonds. The van der Waals surface area contributed by atoms with Crippen molar-refractivity contribution in [2.24, 2.45) is 5.92 Å². The van der Waals surface area contributed by atoms with E-state index in [4.69, 9.17) is 0 Å². The van der Waals surface area contributed by atoms with Crippen LogP contribution in [0.25, 0.3) is 0 Å². The average molecular weight is 277 g/mol. The van der Waals surface area contributed by atoms with Gasteiger partial charge in [0.15, 0.2) is 0 Å². The van der Waals surface area contributed by atoms with E-state index < -0.39 is 0 Å². The molecule has 0 aromatic carbocycles. The molecule has 14 heavy (non-hydrogen) atoms. The lowest BCUT2D eigenvalue weighted by molar-refractivity contribution is 0.148. The molecule has 0 saturated heterocycles. The lowest BCUT2D eigenvalue weighted by Crippen LogP contribution is -2.03. The zero-order valence-corrected chi connectivity index (χ0v) is 11.1. The number of rotatable bonds is 5. The maximum Gasteiger partial charge on any atom is 0.0895 e. The largest absolute Gasteiger partial charge is 0.388 e. The highest BCUT2D eigenvalue weighted by molar-refractivity contribution is 9.10. The normalized spacial score (nSPS) is 15.4. The van der Waals surface area contributed by atoms with Gasteiger partial charge < -0.3 is 5.11 Å². The second kappa shape index (κ2) is 5.89. The molecule has 2 atom stereocenters. The summed E-state index contributed by atoms with van der Waals surface area (Å²) in [6.07, 6.45) is 2.96. The molecule has 3 heteroatoms. The molecule has 1 aromatic rings. The number of aliphatic hydroxyl groups is 1. The van der Waals surface area contributed by atoms with Crippen LogP contribution >= 0.6 is 27.3 Å². The number of thiophene rings is 1. The van der Waals surface area contributed by atoms with Gasteiger partial charge in [0.05, 0.1) is 6.10 Å². The van der Waals surface area contributed by atoms with Crippen molar-refractivity contribution in [3.05, 3.63) is 20.8 Å². The van der Waals surface area contributed by atoms with Crippen molar-refractivity contribution in [3.63, 3.8) is 0 Å². The molecule has 0 bridgehead atoms. The first kappa shape index (κ1) is 12.2. The predicted molar refractivity (Wildman–Crippen MR) is 65.7 cm³/mol. The van der Waals surface area contributed by atoms with Crippen molar-refractivity contribution in [3.8, 4) is 0 Å². The summed E-state index contributed by atoms with van der Waals surface area (Å²) in [7, 11) is 0. The van der Waals surface area contributed by atoms with Crippen molar-refractivity contribution < 1.29 is 5.11 Å². The Morgan fingerprint density at radius 3 is 2.79 bits per heavy atom. The van der Waals surface area contributed by atoms with Gasteiger partial charge in [0.1, 0.15) is 0 Å². The highest BCUT2D eigenvalue weighted by atomic mass is 79.9. The van der Waals surface area contributed by atoms with E-state index in [0.717, 1.165) is 15.8 Å². The fourth-order valence-electron chi connectivity index (χ4n) is 1.64. The van der Waals surface area contributed by atoms with Crippen LogP contribution in [0.2, 0.25) is 0 Å². The molecule has 0 aliphatic rings. The van der Waals surface area contributed by atoms with Crippen LogP contribution in [-0.2, 0) is 0 Å². The highest BCUT2D eigenvalue weighted by Crippen LogP contribution is 2.33. The first-order valence-electron chi connectivity index (χ1n) is 5.06. The first-order chi connectivity index (χ1) is 6.65. The topological polar surface area (TPSA) is 20.2 Å². The van der Waals surface area contributed by atoms with E-state index in [9.17, 15) is 5.11 Å². The van der Waals surface area contributed by atoms with E-state index in [0.29, 0.717) is 5.92 Å². The van der Waals surface area contributed by atoms with Crippen LogP contribution < -0.4 is 0 Å². The first-order valence-corrected chi connectivity index (χ1v) is 6.73. The minimum Gasteiger partial charge on any atom is -0.388 e. The molecule has 1 rings (SSSR count). The van der Waals surface area contributed by atoms with Gasteiger partial charge in [-0.05, 0) is 39.7 Å². The number of aliphatic hydroxyl groups excluding tert-OH is 1. The predicted octanol–water partition coefficient (Wildman–Crippen LogP) is 4.37. The summed E-state index contributed by atoms with van der Waals surface area (Å²) in [4.78, 5) is 1.06. The molecule has 0 saturated carbocycles. The smallest absolute Gasteiger partial charge is 0.0895 e. The molecule has 0 spiro atoms. The Hall–Kier alpha value is 0.140. The van der Waals surface area contributed by atoms with Crippen LogP contribution in [0.5, 0.6) is 0 Å². The van der Waals surface area contributed by atoms with Gasteiger partial charge >= 0.3 is 0 Å². The Kier molecular flexibility index (Phi) is 5.13. The second-order valence-electron chi connectivity index (χ2n) is 3.78. The van der Waals surface area contributed by atoms with Crippen LogP contribution in [0.3, 0.4) is 0 Å².